The zero-order valence-electron chi connectivity index (χ0n) is 16.1. The van der Waals surface area contributed by atoms with E-state index in [9.17, 15) is 21.8 Å². The zero-order chi connectivity index (χ0) is 22.1. The first-order valence-corrected chi connectivity index (χ1v) is 10.8. The fourth-order valence-corrected chi connectivity index (χ4v) is 3.08. The molecule has 7 nitrogen and oxygen atoms in total. The number of halogens is 4. The van der Waals surface area contributed by atoms with E-state index in [1.54, 1.807) is 0 Å². The van der Waals surface area contributed by atoms with Crippen LogP contribution in [0.1, 0.15) is 6.92 Å². The van der Waals surface area contributed by atoms with Crippen LogP contribution >= 0.6 is 0 Å². The van der Waals surface area contributed by atoms with Crippen molar-refractivity contribution in [2.75, 3.05) is 17.8 Å². The van der Waals surface area contributed by atoms with E-state index >= 15 is 0 Å². The van der Waals surface area contributed by atoms with Gasteiger partial charge in [-0.1, -0.05) is 0 Å². The number of nitrogens with zero attached hydrogens (tertiary/aromatic N) is 4. The van der Waals surface area contributed by atoms with Crippen molar-refractivity contribution in [3.63, 3.8) is 0 Å². The van der Waals surface area contributed by atoms with Crippen molar-refractivity contribution in [2.45, 2.75) is 19.2 Å². The summed E-state index contributed by atoms with van der Waals surface area (Å²) >= 11 is 0. The molecule has 2 heterocycles. The van der Waals surface area contributed by atoms with Crippen molar-refractivity contribution in [1.29, 1.82) is 0 Å². The molecule has 160 valence electrons. The molecule has 0 aliphatic heterocycles. The maximum atomic E-state index is 14.8. The third-order valence-corrected chi connectivity index (χ3v) is 4.42. The van der Waals surface area contributed by atoms with E-state index in [4.69, 9.17) is 4.74 Å². The maximum absolute atomic E-state index is 14.8. The predicted octanol–water partition coefficient (Wildman–Crippen LogP) is 4.60. The SMILES string of the molecule is CC(Oc1ncccc1Nc1ncnc2cc(N=S(C)(C)=O)cc(F)c12)C(F)(F)F. The van der Waals surface area contributed by atoms with E-state index in [2.05, 4.69) is 24.6 Å². The number of fused-ring (bicyclic) bond motifs is 1. The molecule has 0 saturated heterocycles. The first kappa shape index (κ1) is 21.7. The molecular weight excluding hydrogens is 426 g/mol. The van der Waals surface area contributed by atoms with Crippen LogP contribution in [0.15, 0.2) is 41.2 Å². The number of hydrogen-bond acceptors (Lipinski definition) is 7. The first-order valence-electron chi connectivity index (χ1n) is 8.51. The Morgan fingerprint density at radius 1 is 1.20 bits per heavy atom. The summed E-state index contributed by atoms with van der Waals surface area (Å²) in [5, 5.41) is 2.73. The molecule has 3 rings (SSSR count). The number of nitrogens with one attached hydrogen (secondary N) is 1. The second-order valence-electron chi connectivity index (χ2n) is 6.60. The van der Waals surface area contributed by atoms with E-state index < -0.39 is 27.8 Å². The average molecular weight is 443 g/mol. The highest BCUT2D eigenvalue weighted by atomic mass is 32.2. The third-order valence-electron chi connectivity index (χ3n) is 3.77. The van der Waals surface area contributed by atoms with Gasteiger partial charge in [-0.05, 0) is 25.1 Å². The average Bonchev–Trinajstić information content (AvgIpc) is 2.61. The number of hydrogen-bond donors (Lipinski definition) is 1. The van der Waals surface area contributed by atoms with Crippen molar-refractivity contribution < 1.29 is 26.5 Å². The fraction of sp³-hybridized carbons (Fsp3) is 0.278. The van der Waals surface area contributed by atoms with Crippen LogP contribution in [0.2, 0.25) is 0 Å². The minimum absolute atomic E-state index is 0.00436. The molecule has 1 N–H and O–H groups in total. The summed E-state index contributed by atoms with van der Waals surface area (Å²) in [4.78, 5) is 11.8. The summed E-state index contributed by atoms with van der Waals surface area (Å²) in [5.41, 5.74) is 0.376. The molecule has 0 saturated carbocycles. The Hall–Kier alpha value is -3.02. The van der Waals surface area contributed by atoms with E-state index in [1.165, 1.54) is 36.9 Å². The Morgan fingerprint density at radius 3 is 2.60 bits per heavy atom. The predicted molar refractivity (Wildman–Crippen MR) is 105 cm³/mol. The molecular formula is C18H17F4N5O2S. The normalized spacial score (nSPS) is 13.2. The van der Waals surface area contributed by atoms with Crippen molar-refractivity contribution in [3.05, 3.63) is 42.6 Å². The van der Waals surface area contributed by atoms with Crippen molar-refractivity contribution in [3.8, 4) is 5.88 Å². The second kappa shape index (κ2) is 8.01. The smallest absolute Gasteiger partial charge is 0.425 e. The van der Waals surface area contributed by atoms with Gasteiger partial charge in [-0.25, -0.2) is 23.6 Å². The number of alkyl halides is 3. The van der Waals surface area contributed by atoms with Crippen LogP contribution in [0.4, 0.5) is 34.8 Å². The van der Waals surface area contributed by atoms with E-state index in [1.807, 2.05) is 0 Å². The number of ether oxygens (including phenoxy) is 1. The van der Waals surface area contributed by atoms with Gasteiger partial charge in [0, 0.05) is 34.5 Å². The molecule has 1 atom stereocenters. The van der Waals surface area contributed by atoms with Crippen LogP contribution < -0.4 is 10.1 Å². The van der Waals surface area contributed by atoms with Crippen LogP contribution in [-0.2, 0) is 9.73 Å². The summed E-state index contributed by atoms with van der Waals surface area (Å²) in [6, 6.07) is 5.41. The molecule has 3 aromatic rings. The third kappa shape index (κ3) is 5.12. The topological polar surface area (TPSA) is 89.4 Å². The van der Waals surface area contributed by atoms with Gasteiger partial charge in [0.05, 0.1) is 16.6 Å². The quantitative estimate of drug-likeness (QED) is 0.580. The highest BCUT2D eigenvalue weighted by Gasteiger charge is 2.38. The monoisotopic (exact) mass is 443 g/mol. The molecule has 0 fully saturated rings. The van der Waals surface area contributed by atoms with Gasteiger partial charge in [0.25, 0.3) is 0 Å². The molecule has 0 aliphatic carbocycles. The standard InChI is InChI=1S/C18H17F4N5O2S/c1-10(18(20,21)22)29-17-13(5-4-6-23-17)26-16-15-12(19)7-11(27-30(2,3)28)8-14(15)24-9-25-16/h4-10H,1-3H3,(H,24,25,26). The fourth-order valence-electron chi connectivity index (χ4n) is 2.47. The summed E-state index contributed by atoms with van der Waals surface area (Å²) in [6.07, 6.45) is -1.45. The molecule has 0 radical (unpaired) electrons. The van der Waals surface area contributed by atoms with Crippen LogP contribution in [-0.4, -0.2) is 44.0 Å². The van der Waals surface area contributed by atoms with Crippen molar-refractivity contribution in [2.24, 2.45) is 4.36 Å². The van der Waals surface area contributed by atoms with E-state index in [0.717, 1.165) is 19.3 Å². The minimum Gasteiger partial charge on any atom is -0.464 e. The van der Waals surface area contributed by atoms with Gasteiger partial charge in [-0.15, -0.1) is 0 Å². The van der Waals surface area contributed by atoms with Gasteiger partial charge in [0.1, 0.15) is 23.6 Å². The largest absolute Gasteiger partial charge is 0.464 e. The Morgan fingerprint density at radius 2 is 1.93 bits per heavy atom. The Balaban J connectivity index is 2.03. The molecule has 12 heteroatoms. The van der Waals surface area contributed by atoms with Gasteiger partial charge >= 0.3 is 6.18 Å². The van der Waals surface area contributed by atoms with Crippen molar-refractivity contribution >= 4 is 37.8 Å². The van der Waals surface area contributed by atoms with Gasteiger partial charge in [-0.3, -0.25) is 0 Å². The molecule has 2 aromatic heterocycles. The second-order valence-corrected chi connectivity index (χ2v) is 9.14. The Bertz CT molecular complexity index is 1200. The lowest BCUT2D eigenvalue weighted by Gasteiger charge is -2.19. The molecule has 0 aliphatic rings. The lowest BCUT2D eigenvalue weighted by atomic mass is 10.2. The van der Waals surface area contributed by atoms with Crippen molar-refractivity contribution in [1.82, 2.24) is 15.0 Å². The summed E-state index contributed by atoms with van der Waals surface area (Å²) in [7, 11) is -2.52. The lowest BCUT2D eigenvalue weighted by Crippen LogP contribution is -2.31. The van der Waals surface area contributed by atoms with Gasteiger partial charge in [0.15, 0.2) is 6.10 Å². The summed E-state index contributed by atoms with van der Waals surface area (Å²) in [5.74, 6) is -1.07. The molecule has 30 heavy (non-hydrogen) atoms. The Kier molecular flexibility index (Phi) is 5.79. The minimum atomic E-state index is -4.58. The molecule has 0 bridgehead atoms. The molecule has 1 aromatic carbocycles. The molecule has 1 unspecified atom stereocenters. The lowest BCUT2D eigenvalue weighted by molar-refractivity contribution is -0.189. The number of rotatable bonds is 5. The number of aromatic nitrogens is 3. The highest BCUT2D eigenvalue weighted by molar-refractivity contribution is 7.92. The Labute approximate surface area is 169 Å². The summed E-state index contributed by atoms with van der Waals surface area (Å²) in [6.45, 7) is 0.850. The van der Waals surface area contributed by atoms with Crippen LogP contribution in [0, 0.1) is 5.82 Å². The molecule has 0 spiro atoms. The van der Waals surface area contributed by atoms with E-state index in [-0.39, 0.29) is 34.0 Å². The highest BCUT2D eigenvalue weighted by Crippen LogP contribution is 2.33. The van der Waals surface area contributed by atoms with Gasteiger partial charge < -0.3 is 10.1 Å². The summed E-state index contributed by atoms with van der Waals surface area (Å²) < 4.78 is 74.0. The zero-order valence-corrected chi connectivity index (χ0v) is 16.9. The maximum Gasteiger partial charge on any atom is 0.425 e. The van der Waals surface area contributed by atoms with Gasteiger partial charge in [0.2, 0.25) is 5.88 Å². The van der Waals surface area contributed by atoms with E-state index in [0.29, 0.717) is 0 Å². The van der Waals surface area contributed by atoms with Crippen LogP contribution in [0.5, 0.6) is 5.88 Å². The number of anilines is 2. The molecule has 0 amide bonds. The van der Waals surface area contributed by atoms with Crippen LogP contribution in [0.3, 0.4) is 0 Å². The number of benzene rings is 1. The van der Waals surface area contributed by atoms with Gasteiger partial charge in [-0.2, -0.15) is 17.5 Å². The first-order chi connectivity index (χ1) is 13.9. The number of pyridine rings is 1. The van der Waals surface area contributed by atoms with Crippen LogP contribution in [0.25, 0.3) is 10.9 Å².